The highest BCUT2D eigenvalue weighted by molar-refractivity contribution is 5.93. The molecule has 0 saturated heterocycles. The number of imidazole rings is 1. The maximum absolute atomic E-state index is 13.0. The molecule has 1 atom stereocenters. The van der Waals surface area contributed by atoms with Crippen LogP contribution in [0.1, 0.15) is 48.9 Å². The van der Waals surface area contributed by atoms with E-state index in [1.165, 1.54) is 13.5 Å². The minimum absolute atomic E-state index is 0. The first-order chi connectivity index (χ1) is 18.1. The van der Waals surface area contributed by atoms with Gasteiger partial charge in [0.05, 0.1) is 38.3 Å². The van der Waals surface area contributed by atoms with E-state index in [9.17, 15) is 9.59 Å². The van der Waals surface area contributed by atoms with E-state index in [1.807, 2.05) is 47.5 Å². The van der Waals surface area contributed by atoms with Crippen LogP contribution in [0.3, 0.4) is 0 Å². The van der Waals surface area contributed by atoms with E-state index in [4.69, 9.17) is 4.74 Å². The van der Waals surface area contributed by atoms with Crippen molar-refractivity contribution in [1.82, 2.24) is 14.9 Å². The summed E-state index contributed by atoms with van der Waals surface area (Å²) in [5.41, 5.74) is 4.94. The molecular formula is C29H37Cl2N5O3. The second kappa shape index (κ2) is 14.2. The molecule has 1 saturated carbocycles. The lowest BCUT2D eigenvalue weighted by Crippen LogP contribution is -2.45. The van der Waals surface area contributed by atoms with Crippen LogP contribution in [-0.4, -0.2) is 46.6 Å². The molecule has 1 aliphatic heterocycles. The number of hydrogen-bond donors (Lipinski definition) is 2. The molecule has 1 aromatic heterocycles. The van der Waals surface area contributed by atoms with Crippen LogP contribution < -0.4 is 10.2 Å². The van der Waals surface area contributed by atoms with Crippen LogP contribution in [0.4, 0.5) is 16.2 Å². The van der Waals surface area contributed by atoms with Crippen molar-refractivity contribution in [3.63, 3.8) is 0 Å². The smallest absolute Gasteiger partial charge is 0.410 e. The monoisotopic (exact) mass is 573 g/mol. The maximum atomic E-state index is 13.0. The fourth-order valence-electron chi connectivity index (χ4n) is 5.56. The quantitative estimate of drug-likeness (QED) is 0.379. The summed E-state index contributed by atoms with van der Waals surface area (Å²) in [4.78, 5) is 37.4. The van der Waals surface area contributed by atoms with Crippen molar-refractivity contribution in [2.24, 2.45) is 5.92 Å². The number of amides is 2. The topological polar surface area (TPSA) is 90.6 Å². The first-order valence-electron chi connectivity index (χ1n) is 13.1. The summed E-state index contributed by atoms with van der Waals surface area (Å²) in [6, 6.07) is 16.1. The lowest BCUT2D eigenvalue weighted by Gasteiger charge is -2.32. The Balaban J connectivity index is 0.00000210. The highest BCUT2D eigenvalue weighted by Gasteiger charge is 2.32. The van der Waals surface area contributed by atoms with Crippen molar-refractivity contribution in [3.8, 4) is 0 Å². The van der Waals surface area contributed by atoms with Crippen molar-refractivity contribution >= 4 is 48.2 Å². The Morgan fingerprint density at radius 2 is 1.85 bits per heavy atom. The number of benzene rings is 2. The van der Waals surface area contributed by atoms with E-state index in [0.717, 1.165) is 53.9 Å². The zero-order valence-corrected chi connectivity index (χ0v) is 23.8. The Morgan fingerprint density at radius 1 is 1.08 bits per heavy atom. The number of anilines is 2. The lowest BCUT2D eigenvalue weighted by atomic mass is 9.88. The molecule has 0 bridgehead atoms. The van der Waals surface area contributed by atoms with Crippen molar-refractivity contribution < 1.29 is 14.3 Å². The highest BCUT2D eigenvalue weighted by atomic mass is 35.5. The first-order valence-corrected chi connectivity index (χ1v) is 13.1. The third-order valence-corrected chi connectivity index (χ3v) is 7.52. The van der Waals surface area contributed by atoms with Crippen LogP contribution in [0, 0.1) is 5.92 Å². The fraction of sp³-hybridized carbons (Fsp3) is 0.414. The van der Waals surface area contributed by atoms with E-state index in [-0.39, 0.29) is 48.8 Å². The predicted octanol–water partition coefficient (Wildman–Crippen LogP) is 5.97. The zero-order chi connectivity index (χ0) is 25.6. The van der Waals surface area contributed by atoms with Crippen molar-refractivity contribution in [2.45, 2.75) is 57.7 Å². The van der Waals surface area contributed by atoms with Gasteiger partial charge >= 0.3 is 6.09 Å². The molecule has 1 aliphatic carbocycles. The Hall–Kier alpha value is -3.23. The van der Waals surface area contributed by atoms with E-state index in [2.05, 4.69) is 32.3 Å². The minimum Gasteiger partial charge on any atom is -0.453 e. The number of aromatic nitrogens is 2. The first kappa shape index (κ1) is 30.3. The van der Waals surface area contributed by atoms with E-state index in [0.29, 0.717) is 26.1 Å². The number of carbonyl (C=O) groups is 2. The summed E-state index contributed by atoms with van der Waals surface area (Å²) < 4.78 is 5.21. The molecule has 0 radical (unpaired) electrons. The van der Waals surface area contributed by atoms with Gasteiger partial charge in [-0.15, -0.1) is 24.8 Å². The van der Waals surface area contributed by atoms with Gasteiger partial charge in [0.25, 0.3) is 0 Å². The number of aromatic amines is 1. The fourth-order valence-corrected chi connectivity index (χ4v) is 5.56. The molecule has 2 N–H and O–H groups in total. The molecule has 2 heterocycles. The Bertz CT molecular complexity index is 1200. The largest absolute Gasteiger partial charge is 0.453 e. The molecule has 2 aliphatic rings. The molecule has 8 nitrogen and oxygen atoms in total. The van der Waals surface area contributed by atoms with Gasteiger partial charge in [0.2, 0.25) is 5.91 Å². The number of fused-ring (bicyclic) bond motifs is 1. The normalized spacial score (nSPS) is 17.2. The average molecular weight is 575 g/mol. The second-order valence-electron chi connectivity index (χ2n) is 10.1. The van der Waals surface area contributed by atoms with Crippen molar-refractivity contribution in [1.29, 1.82) is 0 Å². The van der Waals surface area contributed by atoms with Crippen LogP contribution >= 0.6 is 24.8 Å². The standard InChI is InChI=1S/C29H35N5O3.2ClH/c1-37-29(36)34-17-23-12-13-24(32-28(35)22-10-6-3-7-11-22)15-27(23)33(18-25-16-30-20-31-25)19-26(34)14-21-8-4-2-5-9-21;;/h2,4-5,8-9,12-13,15-16,20,22,26H,3,6-7,10-11,14,17-19H2,1H3,(H,30,31)(H,32,35);2*1H. The van der Waals surface area contributed by atoms with Gasteiger partial charge in [0.15, 0.2) is 0 Å². The van der Waals surface area contributed by atoms with Gasteiger partial charge in [0, 0.05) is 30.0 Å². The van der Waals surface area contributed by atoms with Gasteiger partial charge < -0.3 is 19.9 Å². The number of nitrogens with one attached hydrogen (secondary N) is 2. The summed E-state index contributed by atoms with van der Waals surface area (Å²) in [7, 11) is 1.43. The Morgan fingerprint density at radius 3 is 2.54 bits per heavy atom. The molecule has 3 aromatic rings. The SMILES string of the molecule is COC(=O)N1Cc2ccc(NC(=O)C3CCCCC3)cc2N(Cc2cnc[nH]2)CC1Cc1ccccc1.Cl.Cl. The summed E-state index contributed by atoms with van der Waals surface area (Å²) in [5, 5.41) is 3.17. The van der Waals surface area contributed by atoms with Crippen molar-refractivity contribution in [3.05, 3.63) is 77.9 Å². The van der Waals surface area contributed by atoms with Crippen LogP contribution in [-0.2, 0) is 29.0 Å². The van der Waals surface area contributed by atoms with E-state index < -0.39 is 0 Å². The molecule has 2 amide bonds. The highest BCUT2D eigenvalue weighted by Crippen LogP contribution is 2.33. The van der Waals surface area contributed by atoms with Crippen LogP contribution in [0.15, 0.2) is 61.1 Å². The number of hydrogen-bond acceptors (Lipinski definition) is 5. The van der Waals surface area contributed by atoms with Crippen LogP contribution in [0.5, 0.6) is 0 Å². The van der Waals surface area contributed by atoms with Gasteiger partial charge in [-0.2, -0.15) is 0 Å². The number of methoxy groups -OCH3 is 1. The maximum Gasteiger partial charge on any atom is 0.410 e. The summed E-state index contributed by atoms with van der Waals surface area (Å²) in [6.07, 6.45) is 9.22. The Kier molecular flexibility index (Phi) is 11.1. The number of ether oxygens (including phenoxy) is 1. The molecule has 0 spiro atoms. The molecule has 1 fully saturated rings. The zero-order valence-electron chi connectivity index (χ0n) is 22.2. The molecular weight excluding hydrogens is 537 g/mol. The number of nitrogens with zero attached hydrogens (tertiary/aromatic N) is 3. The van der Waals surface area contributed by atoms with E-state index in [1.54, 1.807) is 6.33 Å². The number of carbonyl (C=O) groups excluding carboxylic acids is 2. The molecule has 10 heteroatoms. The van der Waals surface area contributed by atoms with Gasteiger partial charge in [-0.1, -0.05) is 55.7 Å². The summed E-state index contributed by atoms with van der Waals surface area (Å²) >= 11 is 0. The third kappa shape index (κ3) is 7.46. The van der Waals surface area contributed by atoms with Gasteiger partial charge in [0.1, 0.15) is 0 Å². The Labute approximate surface area is 242 Å². The summed E-state index contributed by atoms with van der Waals surface area (Å²) in [6.45, 7) is 1.64. The lowest BCUT2D eigenvalue weighted by molar-refractivity contribution is -0.120. The van der Waals surface area contributed by atoms with Gasteiger partial charge in [-0.25, -0.2) is 9.78 Å². The molecule has 2 aromatic carbocycles. The van der Waals surface area contributed by atoms with E-state index >= 15 is 0 Å². The molecule has 1 unspecified atom stereocenters. The summed E-state index contributed by atoms with van der Waals surface area (Å²) in [5.74, 6) is 0.185. The number of H-pyrrole nitrogens is 1. The minimum atomic E-state index is -0.343. The van der Waals surface area contributed by atoms with Gasteiger partial charge in [-0.3, -0.25) is 9.69 Å². The molecule has 39 heavy (non-hydrogen) atoms. The van der Waals surface area contributed by atoms with Crippen LogP contribution in [0.25, 0.3) is 0 Å². The van der Waals surface area contributed by atoms with Gasteiger partial charge in [-0.05, 0) is 42.5 Å². The predicted molar refractivity (Wildman–Crippen MR) is 158 cm³/mol. The molecule has 210 valence electrons. The number of halogens is 2. The van der Waals surface area contributed by atoms with Crippen LogP contribution in [0.2, 0.25) is 0 Å². The third-order valence-electron chi connectivity index (χ3n) is 7.52. The molecule has 5 rings (SSSR count). The second-order valence-corrected chi connectivity index (χ2v) is 10.1. The average Bonchev–Trinajstić information content (AvgIpc) is 3.40. The number of rotatable bonds is 6. The van der Waals surface area contributed by atoms with Crippen molar-refractivity contribution in [2.75, 3.05) is 23.9 Å².